The predicted octanol–water partition coefficient (Wildman–Crippen LogP) is 7.34. The number of carbonyl (C=O) groups excluding carboxylic acids is 3. The highest BCUT2D eigenvalue weighted by molar-refractivity contribution is 6.24. The highest BCUT2D eigenvalue weighted by atomic mass is 16.3. The smallest absolute Gasteiger partial charge is 0.203 e. The Hall–Kier alpha value is -4.23. The number of hydrogen-bond donors (Lipinski definition) is 4. The number of ketones is 3. The number of allylic oxidation sites excluding steroid dienone is 5. The molecule has 4 N–H and O–H groups in total. The van der Waals surface area contributed by atoms with Gasteiger partial charge in [-0.2, -0.15) is 0 Å². The highest BCUT2D eigenvalue weighted by Gasteiger charge is 2.75. The number of hydrogen-bond acceptors (Lipinski definition) is 7. The number of carbonyl (C=O) groups is 3. The molecule has 47 heavy (non-hydrogen) atoms. The second-order valence-electron chi connectivity index (χ2n) is 14.9. The number of phenols is 1. The summed E-state index contributed by atoms with van der Waals surface area (Å²) in [6, 6.07) is 13.9. The molecule has 0 aromatic heterocycles. The van der Waals surface area contributed by atoms with Crippen LogP contribution < -0.4 is 0 Å². The Labute approximate surface area is 276 Å². The normalized spacial score (nSPS) is 32.0. The molecule has 0 bridgehead atoms. The minimum atomic E-state index is -2.66. The van der Waals surface area contributed by atoms with Gasteiger partial charge in [-0.25, -0.2) is 0 Å². The van der Waals surface area contributed by atoms with Gasteiger partial charge in [0.25, 0.3) is 0 Å². The third kappa shape index (κ3) is 4.05. The standard InChI is InChI=1S/C40H44O7/c1-19(2)31-34(43)29(22(5)41)36(45)40(47)37(46)32-35(44)30-27(21(4)38(32,7)23(6)39(31,40)8)15-14-26(33(30)42)17-24-16-20(3)28(18-24)25-12-10-9-11-13-25/h9-15,18-19,21,23,31,42,44-45,47H,16-17H2,1-8H3/t21-,23-,31?,38-,39-,40+/m1/s1. The van der Waals surface area contributed by atoms with E-state index in [-0.39, 0.29) is 22.8 Å². The Kier molecular flexibility index (Phi) is 7.40. The molecular formula is C40H44O7. The molecule has 4 aliphatic rings. The first kappa shape index (κ1) is 32.7. The lowest BCUT2D eigenvalue weighted by Crippen LogP contribution is -2.72. The summed E-state index contributed by atoms with van der Waals surface area (Å²) in [5, 5.41) is 47.8. The second kappa shape index (κ2) is 10.6. The second-order valence-corrected chi connectivity index (χ2v) is 14.9. The highest BCUT2D eigenvalue weighted by Crippen LogP contribution is 2.70. The van der Waals surface area contributed by atoms with Gasteiger partial charge in [-0.1, -0.05) is 101 Å². The Morgan fingerprint density at radius 2 is 1.64 bits per heavy atom. The van der Waals surface area contributed by atoms with Crippen molar-refractivity contribution < 1.29 is 34.8 Å². The average Bonchev–Trinajstić information content (AvgIpc) is 3.38. The fourth-order valence-corrected chi connectivity index (χ4v) is 9.67. The van der Waals surface area contributed by atoms with E-state index in [0.29, 0.717) is 17.5 Å². The number of aliphatic hydroxyl groups excluding tert-OH is 2. The molecule has 6 atom stereocenters. The molecule has 7 heteroatoms. The fraction of sp³-hybridized carbons (Fsp3) is 0.425. The Morgan fingerprint density at radius 3 is 2.23 bits per heavy atom. The zero-order chi connectivity index (χ0) is 34.5. The van der Waals surface area contributed by atoms with Gasteiger partial charge in [0.2, 0.25) is 5.78 Å². The van der Waals surface area contributed by atoms with Crippen molar-refractivity contribution in [3.05, 3.63) is 98.8 Å². The third-order valence-electron chi connectivity index (χ3n) is 12.4. The monoisotopic (exact) mass is 636 g/mol. The van der Waals surface area contributed by atoms with Gasteiger partial charge in [0.15, 0.2) is 17.2 Å². The maximum absolute atomic E-state index is 14.8. The lowest BCUT2D eigenvalue weighted by molar-refractivity contribution is -0.195. The van der Waals surface area contributed by atoms with E-state index in [0.717, 1.165) is 30.1 Å². The molecule has 246 valence electrons. The van der Waals surface area contributed by atoms with Crippen molar-refractivity contribution in [3.8, 4) is 5.75 Å². The minimum absolute atomic E-state index is 0.118. The van der Waals surface area contributed by atoms with Crippen LogP contribution in [0, 0.1) is 28.6 Å². The van der Waals surface area contributed by atoms with E-state index in [9.17, 15) is 34.8 Å². The van der Waals surface area contributed by atoms with E-state index in [4.69, 9.17) is 0 Å². The van der Waals surface area contributed by atoms with Crippen molar-refractivity contribution in [3.63, 3.8) is 0 Å². The first-order valence-electron chi connectivity index (χ1n) is 16.4. The summed E-state index contributed by atoms with van der Waals surface area (Å²) in [5.41, 5.74) is -0.0325. The number of fused-ring (bicyclic) bond motifs is 3. The quantitative estimate of drug-likeness (QED) is 0.253. The lowest BCUT2D eigenvalue weighted by atomic mass is 9.38. The van der Waals surface area contributed by atoms with E-state index in [2.05, 4.69) is 25.1 Å². The summed E-state index contributed by atoms with van der Waals surface area (Å²) in [6.45, 7) is 14.1. The molecule has 0 aliphatic heterocycles. The lowest BCUT2D eigenvalue weighted by Gasteiger charge is -2.64. The van der Waals surface area contributed by atoms with Crippen LogP contribution in [0.4, 0.5) is 0 Å². The summed E-state index contributed by atoms with van der Waals surface area (Å²) in [4.78, 5) is 41.4. The molecule has 1 fully saturated rings. The zero-order valence-electron chi connectivity index (χ0n) is 28.4. The first-order valence-corrected chi connectivity index (χ1v) is 16.4. The average molecular weight is 637 g/mol. The molecule has 2 aromatic carbocycles. The number of phenolic OH excluding ortho intramolecular Hbond substituents is 1. The van der Waals surface area contributed by atoms with Crippen molar-refractivity contribution in [2.75, 3.05) is 0 Å². The maximum atomic E-state index is 14.8. The van der Waals surface area contributed by atoms with Crippen LogP contribution in [0.1, 0.15) is 90.0 Å². The van der Waals surface area contributed by atoms with E-state index in [1.54, 1.807) is 20.8 Å². The predicted molar refractivity (Wildman–Crippen MR) is 181 cm³/mol. The van der Waals surface area contributed by atoms with Crippen LogP contribution >= 0.6 is 0 Å². The molecule has 0 heterocycles. The van der Waals surface area contributed by atoms with Gasteiger partial charge in [-0.05, 0) is 66.7 Å². The van der Waals surface area contributed by atoms with Crippen molar-refractivity contribution in [1.82, 2.24) is 0 Å². The van der Waals surface area contributed by atoms with E-state index < -0.39 is 68.6 Å². The van der Waals surface area contributed by atoms with Crippen LogP contribution in [-0.2, 0) is 20.8 Å². The summed E-state index contributed by atoms with van der Waals surface area (Å²) in [7, 11) is 0. The van der Waals surface area contributed by atoms with E-state index >= 15 is 0 Å². The molecule has 4 aliphatic carbocycles. The van der Waals surface area contributed by atoms with Crippen LogP contribution in [-0.4, -0.2) is 43.4 Å². The van der Waals surface area contributed by atoms with Gasteiger partial charge in [0.05, 0.1) is 5.56 Å². The summed E-state index contributed by atoms with van der Waals surface area (Å²) >= 11 is 0. The molecule has 1 saturated carbocycles. The van der Waals surface area contributed by atoms with E-state index in [1.807, 2.05) is 51.1 Å². The van der Waals surface area contributed by atoms with Crippen LogP contribution in [0.15, 0.2) is 76.6 Å². The van der Waals surface area contributed by atoms with Gasteiger partial charge < -0.3 is 20.4 Å². The van der Waals surface area contributed by atoms with Crippen molar-refractivity contribution in [2.45, 2.75) is 79.8 Å². The molecule has 0 amide bonds. The summed E-state index contributed by atoms with van der Waals surface area (Å²) in [6.07, 6.45) is 3.31. The number of aliphatic hydroxyl groups is 3. The number of rotatable bonds is 5. The number of Topliss-reactive ketones (excluding diaryl/α,β-unsaturated/α-hetero) is 3. The zero-order valence-corrected chi connectivity index (χ0v) is 28.4. The molecule has 6 rings (SSSR count). The number of aromatic hydroxyl groups is 1. The largest absolute Gasteiger partial charge is 0.508 e. The molecule has 2 aromatic rings. The van der Waals surface area contributed by atoms with Gasteiger partial charge in [-0.3, -0.25) is 14.4 Å². The van der Waals surface area contributed by atoms with Crippen molar-refractivity contribution in [1.29, 1.82) is 0 Å². The Morgan fingerprint density at radius 1 is 1.00 bits per heavy atom. The molecule has 1 unspecified atom stereocenters. The van der Waals surface area contributed by atoms with Crippen molar-refractivity contribution >= 4 is 28.7 Å². The number of benzene rings is 2. The van der Waals surface area contributed by atoms with Gasteiger partial charge in [-0.15, -0.1) is 0 Å². The van der Waals surface area contributed by atoms with Gasteiger partial charge in [0, 0.05) is 22.3 Å². The Bertz CT molecular complexity index is 1890. The van der Waals surface area contributed by atoms with Crippen LogP contribution in [0.3, 0.4) is 0 Å². The SMILES string of the molecule is CC(=O)C1=C(O)[C@]2(O)C(=O)C3=C(O)c4c(ccc(CC5=CC(c6ccccc6)=C(C)C5)c4O)[C@@H](C)[C@]3(C)[C@@H](C)[C@]2(C)C(C(C)C)C1=O. The Balaban J connectivity index is 1.52. The molecule has 0 saturated heterocycles. The van der Waals surface area contributed by atoms with Crippen LogP contribution in [0.2, 0.25) is 0 Å². The van der Waals surface area contributed by atoms with Crippen LogP contribution in [0.5, 0.6) is 5.75 Å². The van der Waals surface area contributed by atoms with Crippen molar-refractivity contribution in [2.24, 2.45) is 28.6 Å². The third-order valence-corrected chi connectivity index (χ3v) is 12.4. The molecule has 7 nitrogen and oxygen atoms in total. The summed E-state index contributed by atoms with van der Waals surface area (Å²) in [5.74, 6) is -6.30. The minimum Gasteiger partial charge on any atom is -0.508 e. The fourth-order valence-electron chi connectivity index (χ4n) is 9.67. The van der Waals surface area contributed by atoms with Gasteiger partial charge in [0.1, 0.15) is 22.8 Å². The first-order chi connectivity index (χ1) is 21.9. The van der Waals surface area contributed by atoms with E-state index in [1.165, 1.54) is 5.57 Å². The summed E-state index contributed by atoms with van der Waals surface area (Å²) < 4.78 is 0. The topological polar surface area (TPSA) is 132 Å². The molecular weight excluding hydrogens is 592 g/mol. The molecule has 0 spiro atoms. The molecule has 0 radical (unpaired) electrons. The van der Waals surface area contributed by atoms with Gasteiger partial charge >= 0.3 is 0 Å². The van der Waals surface area contributed by atoms with Crippen LogP contribution in [0.25, 0.3) is 11.3 Å². The maximum Gasteiger partial charge on any atom is 0.203 e.